The molecule has 1 aromatic rings. The van der Waals surface area contributed by atoms with Gasteiger partial charge in [0.05, 0.1) is 18.9 Å². The molecule has 1 heterocycles. The maximum atomic E-state index is 12.4. The predicted molar refractivity (Wildman–Crippen MR) is 74.8 cm³/mol. The lowest BCUT2D eigenvalue weighted by Crippen LogP contribution is -2.44. The summed E-state index contributed by atoms with van der Waals surface area (Å²) in [7, 11) is 0. The summed E-state index contributed by atoms with van der Waals surface area (Å²) in [5, 5.41) is 2.79. The van der Waals surface area contributed by atoms with Gasteiger partial charge >= 0.3 is 5.97 Å². The number of hydrogen-bond acceptors (Lipinski definition) is 4. The first-order valence-electron chi connectivity index (χ1n) is 6.77. The van der Waals surface area contributed by atoms with Gasteiger partial charge in [-0.2, -0.15) is 0 Å². The lowest BCUT2D eigenvalue weighted by Gasteiger charge is -2.28. The zero-order valence-corrected chi connectivity index (χ0v) is 12.7. The molecule has 1 rings (SSSR count). The van der Waals surface area contributed by atoms with Crippen LogP contribution in [0.1, 0.15) is 46.4 Å². The highest BCUT2D eigenvalue weighted by Crippen LogP contribution is 2.28. The van der Waals surface area contributed by atoms with E-state index in [1.54, 1.807) is 25.3 Å². The van der Waals surface area contributed by atoms with Gasteiger partial charge in [-0.25, -0.2) is 0 Å². The molecule has 0 bridgehead atoms. The van der Waals surface area contributed by atoms with Gasteiger partial charge in [0.25, 0.3) is 0 Å². The van der Waals surface area contributed by atoms with E-state index >= 15 is 0 Å². The molecule has 5 heteroatoms. The molecule has 1 amide bonds. The van der Waals surface area contributed by atoms with Gasteiger partial charge in [0, 0.05) is 0 Å². The summed E-state index contributed by atoms with van der Waals surface area (Å²) >= 11 is 0. The molecule has 2 unspecified atom stereocenters. The molecule has 20 heavy (non-hydrogen) atoms. The Morgan fingerprint density at radius 3 is 2.50 bits per heavy atom. The third-order valence-electron chi connectivity index (χ3n) is 2.98. The molecule has 0 aliphatic rings. The van der Waals surface area contributed by atoms with Crippen LogP contribution < -0.4 is 5.32 Å². The minimum atomic E-state index is -0.847. The van der Waals surface area contributed by atoms with E-state index in [1.165, 1.54) is 0 Å². The minimum absolute atomic E-state index is 0.256. The van der Waals surface area contributed by atoms with Crippen LogP contribution in [0.3, 0.4) is 0 Å². The van der Waals surface area contributed by atoms with Gasteiger partial charge in [0.15, 0.2) is 0 Å². The molecule has 0 saturated heterocycles. The van der Waals surface area contributed by atoms with Crippen LogP contribution in [0.25, 0.3) is 0 Å². The minimum Gasteiger partial charge on any atom is -0.467 e. The second-order valence-electron chi connectivity index (χ2n) is 5.80. The number of furan rings is 1. The van der Waals surface area contributed by atoms with Crippen molar-refractivity contribution in [2.24, 2.45) is 11.3 Å². The van der Waals surface area contributed by atoms with Crippen molar-refractivity contribution in [2.75, 3.05) is 6.61 Å². The molecular formula is C15H23NO4. The first kappa shape index (κ1) is 16.3. The zero-order valence-electron chi connectivity index (χ0n) is 12.7. The molecule has 1 N–H and O–H groups in total. The molecule has 0 fully saturated rings. The van der Waals surface area contributed by atoms with Crippen molar-refractivity contribution in [3.05, 3.63) is 24.2 Å². The van der Waals surface area contributed by atoms with Crippen molar-refractivity contribution in [2.45, 2.75) is 40.7 Å². The lowest BCUT2D eigenvalue weighted by molar-refractivity contribution is -0.156. The van der Waals surface area contributed by atoms with Crippen LogP contribution in [-0.4, -0.2) is 18.5 Å². The van der Waals surface area contributed by atoms with Crippen molar-refractivity contribution < 1.29 is 18.7 Å². The highest BCUT2D eigenvalue weighted by atomic mass is 16.5. The maximum Gasteiger partial charge on any atom is 0.319 e. The van der Waals surface area contributed by atoms with Gasteiger partial charge in [-0.1, -0.05) is 20.8 Å². The van der Waals surface area contributed by atoms with Gasteiger partial charge in [-0.15, -0.1) is 0 Å². The van der Waals surface area contributed by atoms with E-state index in [1.807, 2.05) is 27.7 Å². The Bertz CT molecular complexity index is 445. The van der Waals surface area contributed by atoms with Crippen LogP contribution in [0.4, 0.5) is 0 Å². The zero-order chi connectivity index (χ0) is 15.3. The SMILES string of the molecule is CCOC(=O)C(C(=O)NC(C)c1ccco1)C(C)(C)C. The number of esters is 1. The highest BCUT2D eigenvalue weighted by Gasteiger charge is 2.39. The number of carbonyl (C=O) groups excluding carboxylic acids is 2. The van der Waals surface area contributed by atoms with Crippen molar-refractivity contribution in [3.63, 3.8) is 0 Å². The van der Waals surface area contributed by atoms with E-state index in [0.29, 0.717) is 5.76 Å². The van der Waals surface area contributed by atoms with E-state index < -0.39 is 17.3 Å². The van der Waals surface area contributed by atoms with Gasteiger partial charge in [-0.3, -0.25) is 9.59 Å². The summed E-state index contributed by atoms with van der Waals surface area (Å²) in [5.41, 5.74) is -0.515. The Hall–Kier alpha value is -1.78. The fourth-order valence-corrected chi connectivity index (χ4v) is 1.98. The van der Waals surface area contributed by atoms with Crippen molar-refractivity contribution in [3.8, 4) is 0 Å². The maximum absolute atomic E-state index is 12.4. The molecule has 0 aliphatic carbocycles. The van der Waals surface area contributed by atoms with Gasteiger partial charge in [0.2, 0.25) is 5.91 Å². The molecule has 0 aliphatic heterocycles. The molecule has 5 nitrogen and oxygen atoms in total. The number of amides is 1. The standard InChI is InChI=1S/C15H23NO4/c1-6-19-14(18)12(15(3,4)5)13(17)16-10(2)11-8-7-9-20-11/h7-10,12H,6H2,1-5H3,(H,16,17). The Morgan fingerprint density at radius 1 is 1.40 bits per heavy atom. The third-order valence-corrected chi connectivity index (χ3v) is 2.98. The van der Waals surface area contributed by atoms with Crippen molar-refractivity contribution >= 4 is 11.9 Å². The molecule has 0 aromatic carbocycles. The second kappa shape index (κ2) is 6.59. The highest BCUT2D eigenvalue weighted by molar-refractivity contribution is 5.98. The normalized spacial score (nSPS) is 14.4. The fraction of sp³-hybridized carbons (Fsp3) is 0.600. The van der Waals surface area contributed by atoms with E-state index in [0.717, 1.165) is 0 Å². The summed E-state index contributed by atoms with van der Waals surface area (Å²) in [6, 6.07) is 3.24. The monoisotopic (exact) mass is 281 g/mol. The molecule has 1 aromatic heterocycles. The van der Waals surface area contributed by atoms with Crippen molar-refractivity contribution in [1.29, 1.82) is 0 Å². The summed E-state index contributed by atoms with van der Waals surface area (Å²) in [6.45, 7) is 9.30. The lowest BCUT2D eigenvalue weighted by atomic mass is 9.80. The fourth-order valence-electron chi connectivity index (χ4n) is 1.98. The number of ether oxygens (including phenoxy) is 1. The number of hydrogen-bond donors (Lipinski definition) is 1. The van der Waals surface area contributed by atoms with Crippen LogP contribution in [0.15, 0.2) is 22.8 Å². The quantitative estimate of drug-likeness (QED) is 0.665. The van der Waals surface area contributed by atoms with Gasteiger partial charge in [-0.05, 0) is 31.4 Å². The first-order chi connectivity index (χ1) is 9.27. The van der Waals surface area contributed by atoms with Crippen LogP contribution in [0, 0.1) is 11.3 Å². The smallest absolute Gasteiger partial charge is 0.319 e. The van der Waals surface area contributed by atoms with Crippen LogP contribution in [0.2, 0.25) is 0 Å². The molecular weight excluding hydrogens is 258 g/mol. The van der Waals surface area contributed by atoms with Crippen molar-refractivity contribution in [1.82, 2.24) is 5.32 Å². The molecule has 0 spiro atoms. The number of rotatable bonds is 5. The third kappa shape index (κ3) is 4.11. The summed E-state index contributed by atoms with van der Waals surface area (Å²) in [4.78, 5) is 24.4. The van der Waals surface area contributed by atoms with E-state index in [9.17, 15) is 9.59 Å². The summed E-state index contributed by atoms with van der Waals surface area (Å²) < 4.78 is 10.2. The van der Waals surface area contributed by atoms with E-state index in [-0.39, 0.29) is 18.6 Å². The first-order valence-corrected chi connectivity index (χ1v) is 6.77. The second-order valence-corrected chi connectivity index (χ2v) is 5.80. The average molecular weight is 281 g/mol. The Labute approximate surface area is 119 Å². The van der Waals surface area contributed by atoms with Gasteiger partial charge in [0.1, 0.15) is 11.7 Å². The van der Waals surface area contributed by atoms with E-state index in [4.69, 9.17) is 9.15 Å². The Morgan fingerprint density at radius 2 is 2.05 bits per heavy atom. The number of carbonyl (C=O) groups is 2. The van der Waals surface area contributed by atoms with Crippen LogP contribution in [-0.2, 0) is 14.3 Å². The predicted octanol–water partition coefficient (Wildman–Crippen LogP) is 2.68. The molecule has 0 radical (unpaired) electrons. The summed E-state index contributed by atoms with van der Waals surface area (Å²) in [6.07, 6.45) is 1.55. The van der Waals surface area contributed by atoms with Crippen LogP contribution in [0.5, 0.6) is 0 Å². The molecule has 2 atom stereocenters. The van der Waals surface area contributed by atoms with E-state index in [2.05, 4.69) is 5.32 Å². The van der Waals surface area contributed by atoms with Gasteiger partial charge < -0.3 is 14.5 Å². The molecule has 112 valence electrons. The Balaban J connectivity index is 2.81. The number of nitrogens with one attached hydrogen (secondary N) is 1. The Kier molecular flexibility index (Phi) is 5.36. The average Bonchev–Trinajstić information content (AvgIpc) is 2.80. The molecule has 0 saturated carbocycles. The van der Waals surface area contributed by atoms with Crippen LogP contribution >= 0.6 is 0 Å². The topological polar surface area (TPSA) is 68.5 Å². The largest absolute Gasteiger partial charge is 0.467 e. The summed E-state index contributed by atoms with van der Waals surface area (Å²) in [5.74, 6) is -1.04.